The number of aliphatic hydroxyl groups is 1. The Labute approximate surface area is 114 Å². The molecule has 1 fully saturated rings. The predicted molar refractivity (Wildman–Crippen MR) is 75.2 cm³/mol. The first-order valence-corrected chi connectivity index (χ1v) is 6.83. The van der Waals surface area contributed by atoms with Crippen LogP contribution in [0.15, 0.2) is 24.3 Å². The molecule has 1 aromatic rings. The minimum atomic E-state index is -0.471. The van der Waals surface area contributed by atoms with E-state index in [1.54, 1.807) is 0 Å². The standard InChI is InChI=1S/C15H23NO3/c1-15(2)18-10-14(11-19-15)16-13-7-3-5-12(9-13)6-4-8-17/h3,5,7,9,14,16-17H,4,6,8,10-11H2,1-2H3. The van der Waals surface area contributed by atoms with Crippen molar-refractivity contribution < 1.29 is 14.6 Å². The minimum Gasteiger partial charge on any atom is -0.396 e. The van der Waals surface area contributed by atoms with Crippen LogP contribution in [0, 0.1) is 0 Å². The highest BCUT2D eigenvalue weighted by Crippen LogP contribution is 2.20. The highest BCUT2D eigenvalue weighted by Gasteiger charge is 2.28. The zero-order valence-electron chi connectivity index (χ0n) is 11.7. The van der Waals surface area contributed by atoms with Crippen molar-refractivity contribution in [3.8, 4) is 0 Å². The fraction of sp³-hybridized carbons (Fsp3) is 0.600. The van der Waals surface area contributed by atoms with Crippen molar-refractivity contribution in [1.82, 2.24) is 0 Å². The number of ether oxygens (including phenoxy) is 2. The molecule has 1 heterocycles. The lowest BCUT2D eigenvalue weighted by molar-refractivity contribution is -0.247. The fourth-order valence-electron chi connectivity index (χ4n) is 2.11. The fourth-order valence-corrected chi connectivity index (χ4v) is 2.11. The van der Waals surface area contributed by atoms with E-state index in [1.165, 1.54) is 5.56 Å². The Balaban J connectivity index is 1.89. The molecule has 0 aliphatic carbocycles. The first kappa shape index (κ1) is 14.3. The molecule has 2 rings (SSSR count). The van der Waals surface area contributed by atoms with Gasteiger partial charge in [-0.1, -0.05) is 12.1 Å². The maximum Gasteiger partial charge on any atom is 0.162 e. The molecule has 2 N–H and O–H groups in total. The lowest BCUT2D eigenvalue weighted by Crippen LogP contribution is -2.45. The van der Waals surface area contributed by atoms with Gasteiger partial charge in [-0.05, 0) is 44.4 Å². The molecule has 1 aromatic carbocycles. The number of aryl methyl sites for hydroxylation is 1. The zero-order valence-corrected chi connectivity index (χ0v) is 11.7. The summed E-state index contributed by atoms with van der Waals surface area (Å²) in [5.41, 5.74) is 2.31. The first-order valence-electron chi connectivity index (χ1n) is 6.83. The number of rotatable bonds is 5. The van der Waals surface area contributed by atoms with Crippen molar-refractivity contribution in [3.05, 3.63) is 29.8 Å². The van der Waals surface area contributed by atoms with Crippen LogP contribution in [0.2, 0.25) is 0 Å². The van der Waals surface area contributed by atoms with Crippen LogP contribution in [0.5, 0.6) is 0 Å². The van der Waals surface area contributed by atoms with E-state index in [9.17, 15) is 0 Å². The summed E-state index contributed by atoms with van der Waals surface area (Å²) < 4.78 is 11.3. The van der Waals surface area contributed by atoms with E-state index in [0.29, 0.717) is 13.2 Å². The molecule has 0 saturated carbocycles. The normalized spacial score (nSPS) is 19.3. The monoisotopic (exact) mass is 265 g/mol. The number of anilines is 1. The van der Waals surface area contributed by atoms with Crippen molar-refractivity contribution in [2.45, 2.75) is 38.5 Å². The molecule has 19 heavy (non-hydrogen) atoms. The SMILES string of the molecule is CC1(C)OCC(Nc2cccc(CCCO)c2)CO1. The second-order valence-corrected chi connectivity index (χ2v) is 5.39. The molecule has 0 unspecified atom stereocenters. The highest BCUT2D eigenvalue weighted by atomic mass is 16.7. The molecule has 0 bridgehead atoms. The van der Waals surface area contributed by atoms with E-state index >= 15 is 0 Å². The summed E-state index contributed by atoms with van der Waals surface area (Å²) in [6.45, 7) is 5.39. The molecule has 0 atom stereocenters. The molecule has 4 nitrogen and oxygen atoms in total. The summed E-state index contributed by atoms with van der Waals surface area (Å²) in [4.78, 5) is 0. The van der Waals surface area contributed by atoms with Gasteiger partial charge < -0.3 is 19.9 Å². The van der Waals surface area contributed by atoms with Crippen molar-refractivity contribution in [2.24, 2.45) is 0 Å². The summed E-state index contributed by atoms with van der Waals surface area (Å²) in [6.07, 6.45) is 1.70. The largest absolute Gasteiger partial charge is 0.396 e. The maximum absolute atomic E-state index is 8.86. The van der Waals surface area contributed by atoms with Crippen LogP contribution in [0.1, 0.15) is 25.8 Å². The average molecular weight is 265 g/mol. The molecule has 0 amide bonds. The molecule has 1 aliphatic heterocycles. The van der Waals surface area contributed by atoms with Crippen LogP contribution >= 0.6 is 0 Å². The number of benzene rings is 1. The Morgan fingerprint density at radius 3 is 2.74 bits per heavy atom. The molecule has 0 spiro atoms. The van der Waals surface area contributed by atoms with Gasteiger partial charge in [0.15, 0.2) is 5.79 Å². The van der Waals surface area contributed by atoms with Gasteiger partial charge in [-0.15, -0.1) is 0 Å². The van der Waals surface area contributed by atoms with Gasteiger partial charge in [-0.3, -0.25) is 0 Å². The van der Waals surface area contributed by atoms with Gasteiger partial charge in [-0.2, -0.15) is 0 Å². The van der Waals surface area contributed by atoms with Crippen molar-refractivity contribution in [3.63, 3.8) is 0 Å². The van der Waals surface area contributed by atoms with Crippen LogP contribution in [0.25, 0.3) is 0 Å². The number of hydrogen-bond acceptors (Lipinski definition) is 4. The van der Waals surface area contributed by atoms with E-state index in [1.807, 2.05) is 26.0 Å². The molecule has 4 heteroatoms. The van der Waals surface area contributed by atoms with Gasteiger partial charge in [0, 0.05) is 12.3 Å². The van der Waals surface area contributed by atoms with Gasteiger partial charge in [0.2, 0.25) is 0 Å². The third-order valence-electron chi connectivity index (χ3n) is 3.19. The van der Waals surface area contributed by atoms with Crippen LogP contribution < -0.4 is 5.32 Å². The lowest BCUT2D eigenvalue weighted by atomic mass is 10.1. The molecule has 106 valence electrons. The summed E-state index contributed by atoms with van der Waals surface area (Å²) in [7, 11) is 0. The van der Waals surface area contributed by atoms with Crippen molar-refractivity contribution in [2.75, 3.05) is 25.1 Å². The van der Waals surface area contributed by atoms with Crippen LogP contribution in [-0.2, 0) is 15.9 Å². The highest BCUT2D eigenvalue weighted by molar-refractivity contribution is 5.46. The summed E-state index contributed by atoms with van der Waals surface area (Å²) in [5.74, 6) is -0.471. The number of aliphatic hydroxyl groups excluding tert-OH is 1. The van der Waals surface area contributed by atoms with Crippen LogP contribution in [0.3, 0.4) is 0 Å². The predicted octanol–water partition coefficient (Wildman–Crippen LogP) is 2.17. The van der Waals surface area contributed by atoms with Gasteiger partial charge in [0.1, 0.15) is 0 Å². The van der Waals surface area contributed by atoms with Crippen LogP contribution in [0.4, 0.5) is 5.69 Å². The van der Waals surface area contributed by atoms with Gasteiger partial charge in [-0.25, -0.2) is 0 Å². The van der Waals surface area contributed by atoms with Gasteiger partial charge >= 0.3 is 0 Å². The lowest BCUT2D eigenvalue weighted by Gasteiger charge is -2.35. The zero-order chi connectivity index (χ0) is 13.7. The second kappa shape index (κ2) is 6.37. The molecular formula is C15H23NO3. The van der Waals surface area contributed by atoms with Gasteiger partial charge in [0.25, 0.3) is 0 Å². The van der Waals surface area contributed by atoms with E-state index in [2.05, 4.69) is 17.4 Å². The first-order chi connectivity index (χ1) is 9.09. The Kier molecular flexibility index (Phi) is 4.80. The van der Waals surface area contributed by atoms with E-state index in [-0.39, 0.29) is 12.6 Å². The Hall–Kier alpha value is -1.10. The number of nitrogens with one attached hydrogen (secondary N) is 1. The Morgan fingerprint density at radius 2 is 2.05 bits per heavy atom. The second-order valence-electron chi connectivity index (χ2n) is 5.39. The summed E-state index contributed by atoms with van der Waals surface area (Å²) in [5, 5.41) is 12.3. The third-order valence-corrected chi connectivity index (χ3v) is 3.19. The summed E-state index contributed by atoms with van der Waals surface area (Å²) in [6, 6.07) is 8.46. The molecular weight excluding hydrogens is 242 g/mol. The quantitative estimate of drug-likeness (QED) is 0.856. The van der Waals surface area contributed by atoms with Crippen LogP contribution in [-0.4, -0.2) is 36.8 Å². The third kappa shape index (κ3) is 4.49. The van der Waals surface area contributed by atoms with Gasteiger partial charge in [0.05, 0.1) is 19.3 Å². The smallest absolute Gasteiger partial charge is 0.162 e. The molecule has 0 radical (unpaired) electrons. The topological polar surface area (TPSA) is 50.7 Å². The minimum absolute atomic E-state index is 0.182. The number of hydrogen-bond donors (Lipinski definition) is 2. The molecule has 1 aliphatic rings. The molecule has 0 aromatic heterocycles. The van der Waals surface area contributed by atoms with Crippen molar-refractivity contribution in [1.29, 1.82) is 0 Å². The summed E-state index contributed by atoms with van der Waals surface area (Å²) >= 11 is 0. The van der Waals surface area contributed by atoms with E-state index in [4.69, 9.17) is 14.6 Å². The Bertz CT molecular complexity index is 396. The molecule has 1 saturated heterocycles. The Morgan fingerprint density at radius 1 is 1.32 bits per heavy atom. The van der Waals surface area contributed by atoms with E-state index in [0.717, 1.165) is 18.5 Å². The average Bonchev–Trinajstić information content (AvgIpc) is 2.39. The van der Waals surface area contributed by atoms with Crippen molar-refractivity contribution >= 4 is 5.69 Å². The van der Waals surface area contributed by atoms with E-state index < -0.39 is 5.79 Å². The maximum atomic E-state index is 8.86.